The number of nitrogens with one attached hydrogen (secondary N) is 1. The Bertz CT molecular complexity index is 932. The molecule has 0 fully saturated rings. The van der Waals surface area contributed by atoms with Crippen LogP contribution in [0.4, 0.5) is 0 Å². The van der Waals surface area contributed by atoms with Gasteiger partial charge in [0, 0.05) is 50.3 Å². The lowest BCUT2D eigenvalue weighted by atomic mass is 9.77. The van der Waals surface area contributed by atoms with Crippen LogP contribution in [0.3, 0.4) is 0 Å². The molecule has 1 aliphatic carbocycles. The lowest BCUT2D eigenvalue weighted by Gasteiger charge is -2.41. The Morgan fingerprint density at radius 1 is 1.17 bits per heavy atom. The van der Waals surface area contributed by atoms with Crippen LogP contribution in [0.25, 0.3) is 0 Å². The number of hydrogen-bond acceptors (Lipinski definition) is 7. The van der Waals surface area contributed by atoms with Crippen molar-refractivity contribution in [2.75, 3.05) is 32.9 Å². The van der Waals surface area contributed by atoms with Gasteiger partial charge < -0.3 is 34.7 Å². The topological polar surface area (TPSA) is 125 Å². The minimum atomic E-state index is -1.06. The number of hydrogen-bond donors (Lipinski definition) is 3. The van der Waals surface area contributed by atoms with E-state index in [2.05, 4.69) is 5.32 Å². The third-order valence-corrected chi connectivity index (χ3v) is 6.37. The zero-order chi connectivity index (χ0) is 25.4. The summed E-state index contributed by atoms with van der Waals surface area (Å²) in [5, 5.41) is 23.3. The molecular weight excluding hydrogens is 452 g/mol. The predicted molar refractivity (Wildman–Crippen MR) is 129 cm³/mol. The summed E-state index contributed by atoms with van der Waals surface area (Å²) in [7, 11) is 0. The van der Waals surface area contributed by atoms with Crippen LogP contribution in [-0.2, 0) is 19.1 Å². The van der Waals surface area contributed by atoms with Gasteiger partial charge in [-0.3, -0.25) is 9.59 Å². The van der Waals surface area contributed by atoms with E-state index in [-0.39, 0.29) is 37.2 Å². The highest BCUT2D eigenvalue weighted by molar-refractivity contribution is 5.96. The molecule has 0 radical (unpaired) electrons. The average molecular weight is 489 g/mol. The maximum atomic E-state index is 13.3. The molecule has 4 unspecified atom stereocenters. The molecule has 0 saturated carbocycles. The molecule has 1 aliphatic heterocycles. The minimum absolute atomic E-state index is 0.0149. The van der Waals surface area contributed by atoms with Gasteiger partial charge in [-0.25, -0.2) is 0 Å². The highest BCUT2D eigenvalue weighted by Crippen LogP contribution is 2.47. The monoisotopic (exact) mass is 488 g/mol. The number of ketones is 1. The van der Waals surface area contributed by atoms with E-state index in [0.717, 1.165) is 5.56 Å². The normalized spacial score (nSPS) is 22.5. The van der Waals surface area contributed by atoms with Crippen molar-refractivity contribution in [3.8, 4) is 5.75 Å². The molecule has 2 amide bonds. The number of para-hydroxylation sites is 1. The smallest absolute Gasteiger partial charge is 0.247 e. The second-order valence-electron chi connectivity index (χ2n) is 8.87. The number of ether oxygens (including phenoxy) is 2. The summed E-state index contributed by atoms with van der Waals surface area (Å²) < 4.78 is 11.5. The molecule has 0 spiro atoms. The molecule has 0 aromatic heterocycles. The van der Waals surface area contributed by atoms with Crippen LogP contribution in [-0.4, -0.2) is 83.9 Å². The van der Waals surface area contributed by atoms with E-state index in [1.165, 1.54) is 6.92 Å². The molecule has 3 rings (SSSR count). The summed E-state index contributed by atoms with van der Waals surface area (Å²) in [6, 6.07) is 6.56. The molecule has 1 heterocycles. The number of nitrogens with zero attached hydrogens (tertiary/aromatic N) is 1. The standard InChI is InChI=1S/C26H36N2O7/c1-3-34-15-7-13-28(22(31)11-6-8-17(2)30)20-16-19(26(33)27-12-14-29)23-18-9-4-5-10-21(18)35-25(23)24(20)32/h4-5,9-10,16,20,23-25,29,32H,3,6-8,11-15H2,1-2H3,(H,27,33). The van der Waals surface area contributed by atoms with Gasteiger partial charge in [-0.1, -0.05) is 18.2 Å². The SMILES string of the molecule is CCOCCCN(C(=O)CCCC(C)=O)C1C=C(C(=O)NCCO)C2c3ccccc3OC2C1O. The van der Waals surface area contributed by atoms with Crippen LogP contribution < -0.4 is 10.1 Å². The maximum absolute atomic E-state index is 13.3. The number of Topliss-reactive ketones (excluding diaryl/α,β-unsaturated/α-hetero) is 1. The Balaban J connectivity index is 1.93. The van der Waals surface area contributed by atoms with Gasteiger partial charge in [0.2, 0.25) is 11.8 Å². The number of aliphatic hydroxyl groups is 2. The van der Waals surface area contributed by atoms with Crippen molar-refractivity contribution in [2.24, 2.45) is 0 Å². The summed E-state index contributed by atoms with van der Waals surface area (Å²) in [6.07, 6.45) is 1.30. The summed E-state index contributed by atoms with van der Waals surface area (Å²) in [5.41, 5.74) is 1.20. The predicted octanol–water partition coefficient (Wildman–Crippen LogP) is 1.32. The van der Waals surface area contributed by atoms with Crippen molar-refractivity contribution in [2.45, 2.75) is 63.7 Å². The van der Waals surface area contributed by atoms with Crippen LogP contribution in [0.1, 0.15) is 51.0 Å². The lowest BCUT2D eigenvalue weighted by Crippen LogP contribution is -2.56. The van der Waals surface area contributed by atoms with Crippen molar-refractivity contribution in [1.29, 1.82) is 0 Å². The highest BCUT2D eigenvalue weighted by Gasteiger charge is 2.50. The Morgan fingerprint density at radius 3 is 2.66 bits per heavy atom. The molecule has 192 valence electrons. The van der Waals surface area contributed by atoms with E-state index in [1.54, 1.807) is 17.0 Å². The van der Waals surface area contributed by atoms with Crippen LogP contribution in [0.15, 0.2) is 35.9 Å². The number of benzene rings is 1. The molecule has 1 aromatic carbocycles. The molecule has 9 heteroatoms. The molecule has 2 aliphatic rings. The van der Waals surface area contributed by atoms with Gasteiger partial charge in [-0.05, 0) is 38.8 Å². The second-order valence-corrected chi connectivity index (χ2v) is 8.87. The number of fused-ring (bicyclic) bond motifs is 3. The van der Waals surface area contributed by atoms with Gasteiger partial charge in [-0.2, -0.15) is 0 Å². The van der Waals surface area contributed by atoms with Crippen LogP contribution in [0.5, 0.6) is 5.75 Å². The number of carbonyl (C=O) groups excluding carboxylic acids is 3. The van der Waals surface area contributed by atoms with Gasteiger partial charge in [0.1, 0.15) is 23.7 Å². The first-order valence-corrected chi connectivity index (χ1v) is 12.3. The van der Waals surface area contributed by atoms with E-state index in [0.29, 0.717) is 50.3 Å². The van der Waals surface area contributed by atoms with Gasteiger partial charge in [0.05, 0.1) is 18.6 Å². The number of amides is 2. The van der Waals surface area contributed by atoms with E-state index in [9.17, 15) is 24.6 Å². The summed E-state index contributed by atoms with van der Waals surface area (Å²) in [5.74, 6) is -0.453. The first-order chi connectivity index (χ1) is 16.9. The van der Waals surface area contributed by atoms with Gasteiger partial charge in [0.25, 0.3) is 0 Å². The fourth-order valence-electron chi connectivity index (χ4n) is 4.74. The van der Waals surface area contributed by atoms with Gasteiger partial charge in [-0.15, -0.1) is 0 Å². The zero-order valence-electron chi connectivity index (χ0n) is 20.4. The molecule has 35 heavy (non-hydrogen) atoms. The number of aliphatic hydroxyl groups excluding tert-OH is 2. The quantitative estimate of drug-likeness (QED) is 0.358. The molecule has 4 atom stereocenters. The van der Waals surface area contributed by atoms with Crippen LogP contribution in [0, 0.1) is 0 Å². The van der Waals surface area contributed by atoms with Crippen molar-refractivity contribution in [1.82, 2.24) is 10.2 Å². The number of rotatable bonds is 13. The summed E-state index contributed by atoms with van der Waals surface area (Å²) in [4.78, 5) is 39.3. The Morgan fingerprint density at radius 2 is 1.94 bits per heavy atom. The highest BCUT2D eigenvalue weighted by atomic mass is 16.5. The maximum Gasteiger partial charge on any atom is 0.247 e. The van der Waals surface area contributed by atoms with E-state index in [4.69, 9.17) is 9.47 Å². The third-order valence-electron chi connectivity index (χ3n) is 6.37. The molecule has 0 saturated heterocycles. The lowest BCUT2D eigenvalue weighted by molar-refractivity contribution is -0.137. The van der Waals surface area contributed by atoms with Crippen LogP contribution >= 0.6 is 0 Å². The van der Waals surface area contributed by atoms with Crippen molar-refractivity contribution < 1.29 is 34.1 Å². The van der Waals surface area contributed by atoms with E-state index in [1.807, 2.05) is 25.1 Å². The largest absolute Gasteiger partial charge is 0.486 e. The second kappa shape index (κ2) is 12.8. The Kier molecular flexibility index (Phi) is 9.83. The Labute approximate surface area is 206 Å². The first kappa shape index (κ1) is 26.8. The molecular formula is C26H36N2O7. The molecule has 3 N–H and O–H groups in total. The van der Waals surface area contributed by atoms with E-state index >= 15 is 0 Å². The third kappa shape index (κ3) is 6.48. The van der Waals surface area contributed by atoms with Crippen molar-refractivity contribution in [3.05, 3.63) is 41.5 Å². The van der Waals surface area contributed by atoms with Gasteiger partial charge >= 0.3 is 0 Å². The summed E-state index contributed by atoms with van der Waals surface area (Å²) in [6.45, 7) is 4.61. The van der Waals surface area contributed by atoms with Crippen molar-refractivity contribution >= 4 is 17.6 Å². The summed E-state index contributed by atoms with van der Waals surface area (Å²) >= 11 is 0. The first-order valence-electron chi connectivity index (χ1n) is 12.3. The molecule has 1 aromatic rings. The number of carbonyl (C=O) groups is 3. The van der Waals surface area contributed by atoms with Crippen LogP contribution in [0.2, 0.25) is 0 Å². The van der Waals surface area contributed by atoms with Crippen molar-refractivity contribution in [3.63, 3.8) is 0 Å². The Hall–Kier alpha value is -2.75. The fourth-order valence-corrected chi connectivity index (χ4v) is 4.74. The zero-order valence-corrected chi connectivity index (χ0v) is 20.4. The average Bonchev–Trinajstić information content (AvgIpc) is 3.23. The van der Waals surface area contributed by atoms with E-state index < -0.39 is 24.2 Å². The molecule has 9 nitrogen and oxygen atoms in total. The van der Waals surface area contributed by atoms with Gasteiger partial charge in [0.15, 0.2) is 0 Å². The minimum Gasteiger partial charge on any atom is -0.486 e. The molecule has 0 bridgehead atoms. The fraction of sp³-hybridized carbons (Fsp3) is 0.577.